The lowest BCUT2D eigenvalue weighted by Gasteiger charge is -2.30. The number of nitrogens with one attached hydrogen (secondary N) is 2. The first kappa shape index (κ1) is 16.1. The predicted octanol–water partition coefficient (Wildman–Crippen LogP) is 3.42. The summed E-state index contributed by atoms with van der Waals surface area (Å²) in [5, 5.41) is 7.42. The van der Waals surface area contributed by atoms with Gasteiger partial charge in [-0.3, -0.25) is 0 Å². The first-order chi connectivity index (χ1) is 10.1. The second-order valence-electron chi connectivity index (χ2n) is 5.93. The van der Waals surface area contributed by atoms with Crippen molar-refractivity contribution < 1.29 is 4.74 Å². The summed E-state index contributed by atoms with van der Waals surface area (Å²) in [6, 6.07) is 8.63. The molecule has 0 spiro atoms. The van der Waals surface area contributed by atoms with Gasteiger partial charge in [0, 0.05) is 6.04 Å². The van der Waals surface area contributed by atoms with Crippen molar-refractivity contribution in [3.8, 4) is 5.75 Å². The fourth-order valence-corrected chi connectivity index (χ4v) is 2.97. The third-order valence-electron chi connectivity index (χ3n) is 4.11. The maximum Gasteiger partial charge on any atom is 0.166 e. The van der Waals surface area contributed by atoms with Crippen LogP contribution in [-0.4, -0.2) is 24.3 Å². The average molecular weight is 306 g/mol. The molecule has 0 radical (unpaired) electrons. The fourth-order valence-electron chi connectivity index (χ4n) is 2.72. The SMILES string of the molecule is Cc1ccc(OCCNC(=S)N[C@@H]2CCCC[C@H]2C)cc1. The van der Waals surface area contributed by atoms with Gasteiger partial charge in [0.1, 0.15) is 12.4 Å². The zero-order chi connectivity index (χ0) is 15.1. The minimum Gasteiger partial charge on any atom is -0.492 e. The molecule has 0 saturated heterocycles. The number of hydrogen-bond donors (Lipinski definition) is 2. The zero-order valence-electron chi connectivity index (χ0n) is 13.0. The van der Waals surface area contributed by atoms with Crippen LogP contribution in [0, 0.1) is 12.8 Å². The highest BCUT2D eigenvalue weighted by molar-refractivity contribution is 7.80. The summed E-state index contributed by atoms with van der Waals surface area (Å²) in [7, 11) is 0. The van der Waals surface area contributed by atoms with Gasteiger partial charge in [-0.05, 0) is 50.0 Å². The summed E-state index contributed by atoms with van der Waals surface area (Å²) in [5.41, 5.74) is 1.24. The lowest BCUT2D eigenvalue weighted by molar-refractivity contribution is 0.304. The largest absolute Gasteiger partial charge is 0.492 e. The van der Waals surface area contributed by atoms with Crippen molar-refractivity contribution in [1.29, 1.82) is 0 Å². The quantitative estimate of drug-likeness (QED) is 0.645. The molecule has 1 saturated carbocycles. The molecule has 0 aromatic heterocycles. The molecule has 1 aromatic rings. The Hall–Kier alpha value is -1.29. The molecule has 1 aliphatic rings. The first-order valence-electron chi connectivity index (χ1n) is 7.89. The minimum absolute atomic E-state index is 0.525. The van der Waals surface area contributed by atoms with E-state index in [1.54, 1.807) is 0 Å². The standard InChI is InChI=1S/C17H26N2OS/c1-13-7-9-15(10-8-13)20-12-11-18-17(21)19-16-6-4-3-5-14(16)2/h7-10,14,16H,3-6,11-12H2,1-2H3,(H2,18,19,21)/t14-,16-/m1/s1. The molecule has 0 bridgehead atoms. The zero-order valence-corrected chi connectivity index (χ0v) is 13.8. The molecule has 0 heterocycles. The van der Waals surface area contributed by atoms with E-state index in [2.05, 4.69) is 36.6 Å². The van der Waals surface area contributed by atoms with E-state index in [9.17, 15) is 0 Å². The molecule has 3 nitrogen and oxygen atoms in total. The third kappa shape index (κ3) is 5.54. The van der Waals surface area contributed by atoms with E-state index in [4.69, 9.17) is 17.0 Å². The molecule has 0 unspecified atom stereocenters. The molecule has 116 valence electrons. The maximum absolute atomic E-state index is 5.67. The summed E-state index contributed by atoms with van der Waals surface area (Å²) in [5.74, 6) is 1.62. The van der Waals surface area contributed by atoms with Crippen molar-refractivity contribution in [2.45, 2.75) is 45.6 Å². The molecule has 0 aliphatic heterocycles. The summed E-state index contributed by atoms with van der Waals surface area (Å²) >= 11 is 5.36. The van der Waals surface area contributed by atoms with Crippen molar-refractivity contribution in [2.75, 3.05) is 13.2 Å². The summed E-state index contributed by atoms with van der Waals surface area (Å²) in [4.78, 5) is 0. The molecular formula is C17H26N2OS. The van der Waals surface area contributed by atoms with Gasteiger partial charge in [0.2, 0.25) is 0 Å². The van der Waals surface area contributed by atoms with Crippen LogP contribution in [0.25, 0.3) is 0 Å². The van der Waals surface area contributed by atoms with Crippen LogP contribution in [0.5, 0.6) is 5.75 Å². The lowest BCUT2D eigenvalue weighted by Crippen LogP contribution is -2.46. The lowest BCUT2D eigenvalue weighted by atomic mass is 9.86. The summed E-state index contributed by atoms with van der Waals surface area (Å²) in [6.45, 7) is 5.72. The van der Waals surface area contributed by atoms with Crippen LogP contribution in [-0.2, 0) is 0 Å². The average Bonchev–Trinajstić information content (AvgIpc) is 2.48. The highest BCUT2D eigenvalue weighted by Gasteiger charge is 2.21. The molecule has 1 fully saturated rings. The van der Waals surface area contributed by atoms with E-state index in [0.29, 0.717) is 18.6 Å². The summed E-state index contributed by atoms with van der Waals surface area (Å²) < 4.78 is 5.67. The van der Waals surface area contributed by atoms with Crippen molar-refractivity contribution in [3.05, 3.63) is 29.8 Å². The van der Waals surface area contributed by atoms with Gasteiger partial charge in [0.05, 0.1) is 6.54 Å². The van der Waals surface area contributed by atoms with Crippen molar-refractivity contribution in [2.24, 2.45) is 5.92 Å². The Balaban J connectivity index is 1.61. The Morgan fingerprint density at radius 3 is 2.67 bits per heavy atom. The minimum atomic E-state index is 0.525. The van der Waals surface area contributed by atoms with E-state index < -0.39 is 0 Å². The maximum atomic E-state index is 5.67. The Morgan fingerprint density at radius 1 is 1.24 bits per heavy atom. The van der Waals surface area contributed by atoms with Gasteiger partial charge in [-0.1, -0.05) is 37.5 Å². The number of benzene rings is 1. The van der Waals surface area contributed by atoms with Crippen molar-refractivity contribution in [1.82, 2.24) is 10.6 Å². The Kier molecular flexibility index (Phi) is 6.30. The third-order valence-corrected chi connectivity index (χ3v) is 4.37. The number of rotatable bonds is 5. The van der Waals surface area contributed by atoms with Gasteiger partial charge < -0.3 is 15.4 Å². The van der Waals surface area contributed by atoms with Crippen LogP contribution < -0.4 is 15.4 Å². The fraction of sp³-hybridized carbons (Fsp3) is 0.588. The molecule has 0 amide bonds. The first-order valence-corrected chi connectivity index (χ1v) is 8.30. The van der Waals surface area contributed by atoms with E-state index >= 15 is 0 Å². The van der Waals surface area contributed by atoms with Gasteiger partial charge in [-0.25, -0.2) is 0 Å². The van der Waals surface area contributed by atoms with E-state index in [1.165, 1.54) is 31.2 Å². The number of ether oxygens (including phenoxy) is 1. The second kappa shape index (κ2) is 8.23. The van der Waals surface area contributed by atoms with Gasteiger partial charge in [0.15, 0.2) is 5.11 Å². The summed E-state index contributed by atoms with van der Waals surface area (Å²) in [6.07, 6.45) is 5.19. The monoisotopic (exact) mass is 306 g/mol. The number of aryl methyl sites for hydroxylation is 1. The van der Waals surface area contributed by atoms with Crippen LogP contribution in [0.2, 0.25) is 0 Å². The second-order valence-corrected chi connectivity index (χ2v) is 6.34. The van der Waals surface area contributed by atoms with Crippen LogP contribution in [0.4, 0.5) is 0 Å². The van der Waals surface area contributed by atoms with Crippen LogP contribution in [0.15, 0.2) is 24.3 Å². The molecule has 21 heavy (non-hydrogen) atoms. The Labute approximate surface area is 133 Å². The van der Waals surface area contributed by atoms with E-state index in [-0.39, 0.29) is 0 Å². The molecule has 2 N–H and O–H groups in total. The Bertz CT molecular complexity index is 447. The van der Waals surface area contributed by atoms with Crippen molar-refractivity contribution in [3.63, 3.8) is 0 Å². The highest BCUT2D eigenvalue weighted by atomic mass is 32.1. The Morgan fingerprint density at radius 2 is 1.95 bits per heavy atom. The molecule has 1 aliphatic carbocycles. The molecule has 2 atom stereocenters. The van der Waals surface area contributed by atoms with E-state index in [1.807, 2.05) is 12.1 Å². The number of thiocarbonyl (C=S) groups is 1. The van der Waals surface area contributed by atoms with E-state index in [0.717, 1.165) is 17.4 Å². The van der Waals surface area contributed by atoms with Gasteiger partial charge >= 0.3 is 0 Å². The van der Waals surface area contributed by atoms with Gasteiger partial charge in [0.25, 0.3) is 0 Å². The van der Waals surface area contributed by atoms with Gasteiger partial charge in [-0.15, -0.1) is 0 Å². The molecule has 2 rings (SSSR count). The van der Waals surface area contributed by atoms with Crippen LogP contribution in [0.1, 0.15) is 38.2 Å². The predicted molar refractivity (Wildman–Crippen MR) is 91.8 cm³/mol. The normalized spacial score (nSPS) is 21.6. The highest BCUT2D eigenvalue weighted by Crippen LogP contribution is 2.23. The topological polar surface area (TPSA) is 33.3 Å². The number of hydrogen-bond acceptors (Lipinski definition) is 2. The smallest absolute Gasteiger partial charge is 0.166 e. The molecule has 1 aromatic carbocycles. The molecule has 4 heteroatoms. The van der Waals surface area contributed by atoms with Crippen LogP contribution in [0.3, 0.4) is 0 Å². The van der Waals surface area contributed by atoms with Gasteiger partial charge in [-0.2, -0.15) is 0 Å². The molecular weight excluding hydrogens is 280 g/mol. The van der Waals surface area contributed by atoms with Crippen molar-refractivity contribution >= 4 is 17.3 Å². The van der Waals surface area contributed by atoms with Crippen LogP contribution >= 0.6 is 12.2 Å².